The lowest BCUT2D eigenvalue weighted by Crippen LogP contribution is -2.14. The highest BCUT2D eigenvalue weighted by atomic mass is 35.5. The van der Waals surface area contributed by atoms with Crippen molar-refractivity contribution >= 4 is 11.6 Å². The smallest absolute Gasteiger partial charge is 0.112 e. The van der Waals surface area contributed by atoms with E-state index in [9.17, 15) is 5.11 Å². The van der Waals surface area contributed by atoms with Crippen molar-refractivity contribution in [3.8, 4) is 0 Å². The lowest BCUT2D eigenvalue weighted by atomic mass is 9.98. The second-order valence-corrected chi connectivity index (χ2v) is 4.72. The molecule has 0 fully saturated rings. The van der Waals surface area contributed by atoms with Crippen LogP contribution in [0.3, 0.4) is 0 Å². The fourth-order valence-corrected chi connectivity index (χ4v) is 2.26. The third-order valence-electron chi connectivity index (χ3n) is 2.95. The number of aliphatic hydroxyl groups is 1. The number of aliphatic hydroxyl groups excluding tert-OH is 1. The number of ether oxygens (including phenoxy) is 1. The molecule has 0 heterocycles. The quantitative estimate of drug-likeness (QED) is 0.889. The average molecular weight is 277 g/mol. The molecular formula is C16H17ClO2. The van der Waals surface area contributed by atoms with Gasteiger partial charge in [-0.1, -0.05) is 54.1 Å². The molecule has 2 rings (SSSR count). The van der Waals surface area contributed by atoms with Crippen molar-refractivity contribution in [1.29, 1.82) is 0 Å². The lowest BCUT2D eigenvalue weighted by molar-refractivity contribution is -0.0361. The van der Waals surface area contributed by atoms with Gasteiger partial charge in [0.25, 0.3) is 0 Å². The highest BCUT2D eigenvalue weighted by Crippen LogP contribution is 2.32. The van der Waals surface area contributed by atoms with E-state index >= 15 is 0 Å². The van der Waals surface area contributed by atoms with Gasteiger partial charge in [0.2, 0.25) is 0 Å². The van der Waals surface area contributed by atoms with Gasteiger partial charge in [0, 0.05) is 11.6 Å². The maximum Gasteiger partial charge on any atom is 0.112 e. The molecule has 3 heteroatoms. The summed E-state index contributed by atoms with van der Waals surface area (Å²) >= 11 is 5.96. The largest absolute Gasteiger partial charge is 0.385 e. The standard InChI is InChI=1S/C16H17ClO2/c1-2-19-16(12-7-4-3-5-8-12)15(18)13-9-6-10-14(17)11-13/h3-11,15-16,18H,2H2,1H3. The molecule has 19 heavy (non-hydrogen) atoms. The second-order valence-electron chi connectivity index (χ2n) is 4.29. The van der Waals surface area contributed by atoms with Crippen LogP contribution >= 0.6 is 11.6 Å². The highest BCUT2D eigenvalue weighted by Gasteiger charge is 2.23. The van der Waals surface area contributed by atoms with Gasteiger partial charge in [-0.15, -0.1) is 0 Å². The maximum absolute atomic E-state index is 10.5. The van der Waals surface area contributed by atoms with Gasteiger partial charge >= 0.3 is 0 Å². The average Bonchev–Trinajstić information content (AvgIpc) is 2.45. The number of hydrogen-bond donors (Lipinski definition) is 1. The molecule has 0 aliphatic carbocycles. The first kappa shape index (κ1) is 14.1. The SMILES string of the molecule is CCOC(c1ccccc1)C(O)c1cccc(Cl)c1. The third kappa shape index (κ3) is 3.57. The molecule has 0 bridgehead atoms. The minimum Gasteiger partial charge on any atom is -0.385 e. The Kier molecular flexibility index (Phi) is 4.97. The Morgan fingerprint density at radius 1 is 1.05 bits per heavy atom. The van der Waals surface area contributed by atoms with Crippen LogP contribution in [-0.4, -0.2) is 11.7 Å². The van der Waals surface area contributed by atoms with Crippen molar-refractivity contribution in [2.24, 2.45) is 0 Å². The van der Waals surface area contributed by atoms with Gasteiger partial charge in [0.05, 0.1) is 0 Å². The van der Waals surface area contributed by atoms with Crippen molar-refractivity contribution in [1.82, 2.24) is 0 Å². The van der Waals surface area contributed by atoms with Crippen LogP contribution in [0.15, 0.2) is 54.6 Å². The number of hydrogen-bond acceptors (Lipinski definition) is 2. The van der Waals surface area contributed by atoms with Gasteiger partial charge in [-0.25, -0.2) is 0 Å². The van der Waals surface area contributed by atoms with Crippen LogP contribution in [0.2, 0.25) is 5.02 Å². The summed E-state index contributed by atoms with van der Waals surface area (Å²) in [5.74, 6) is 0. The highest BCUT2D eigenvalue weighted by molar-refractivity contribution is 6.30. The molecule has 2 aromatic rings. The molecular weight excluding hydrogens is 260 g/mol. The van der Waals surface area contributed by atoms with E-state index in [1.165, 1.54) is 0 Å². The van der Waals surface area contributed by atoms with Crippen LogP contribution in [0.1, 0.15) is 30.3 Å². The van der Waals surface area contributed by atoms with E-state index in [1.54, 1.807) is 12.1 Å². The van der Waals surface area contributed by atoms with Crippen molar-refractivity contribution in [3.05, 3.63) is 70.7 Å². The molecule has 0 radical (unpaired) electrons. The molecule has 0 amide bonds. The van der Waals surface area contributed by atoms with Crippen LogP contribution < -0.4 is 0 Å². The van der Waals surface area contributed by atoms with E-state index < -0.39 is 6.10 Å². The molecule has 0 aliphatic heterocycles. The Morgan fingerprint density at radius 3 is 2.37 bits per heavy atom. The fraction of sp³-hybridized carbons (Fsp3) is 0.250. The third-order valence-corrected chi connectivity index (χ3v) is 3.19. The van der Waals surface area contributed by atoms with Crippen LogP contribution in [0, 0.1) is 0 Å². The first-order valence-electron chi connectivity index (χ1n) is 6.32. The Labute approximate surface area is 118 Å². The van der Waals surface area contributed by atoms with E-state index in [2.05, 4.69) is 0 Å². The van der Waals surface area contributed by atoms with Crippen molar-refractivity contribution in [2.45, 2.75) is 19.1 Å². The summed E-state index contributed by atoms with van der Waals surface area (Å²) in [6.45, 7) is 2.46. The van der Waals surface area contributed by atoms with Gasteiger partial charge < -0.3 is 9.84 Å². The number of benzene rings is 2. The molecule has 2 unspecified atom stereocenters. The molecule has 100 valence electrons. The Bertz CT molecular complexity index is 513. The first-order valence-corrected chi connectivity index (χ1v) is 6.70. The lowest BCUT2D eigenvalue weighted by Gasteiger charge is -2.23. The van der Waals surface area contributed by atoms with E-state index in [4.69, 9.17) is 16.3 Å². The zero-order chi connectivity index (χ0) is 13.7. The Morgan fingerprint density at radius 2 is 1.74 bits per heavy atom. The minimum absolute atomic E-state index is 0.385. The summed E-state index contributed by atoms with van der Waals surface area (Å²) in [6.07, 6.45) is -1.12. The molecule has 0 saturated heterocycles. The number of rotatable bonds is 5. The molecule has 2 nitrogen and oxygen atoms in total. The van der Waals surface area contributed by atoms with Crippen LogP contribution in [0.5, 0.6) is 0 Å². The fourth-order valence-electron chi connectivity index (χ4n) is 2.06. The predicted octanol–water partition coefficient (Wildman–Crippen LogP) is 4.15. The molecule has 0 aliphatic rings. The zero-order valence-electron chi connectivity index (χ0n) is 10.8. The van der Waals surface area contributed by atoms with E-state index in [1.807, 2.05) is 49.4 Å². The van der Waals surface area contributed by atoms with Crippen molar-refractivity contribution < 1.29 is 9.84 Å². The summed E-state index contributed by atoms with van der Waals surface area (Å²) in [5, 5.41) is 11.1. The van der Waals surface area contributed by atoms with E-state index in [-0.39, 0.29) is 6.10 Å². The predicted molar refractivity (Wildman–Crippen MR) is 77.2 cm³/mol. The van der Waals surface area contributed by atoms with Gasteiger partial charge in [-0.3, -0.25) is 0 Å². The van der Waals surface area contributed by atoms with Gasteiger partial charge in [-0.05, 0) is 30.2 Å². The molecule has 2 aromatic carbocycles. The Hall–Kier alpha value is -1.35. The first-order chi connectivity index (χ1) is 9.22. The summed E-state index contributed by atoms with van der Waals surface area (Å²) in [5.41, 5.74) is 1.71. The molecule has 0 aromatic heterocycles. The topological polar surface area (TPSA) is 29.5 Å². The minimum atomic E-state index is -0.735. The van der Waals surface area contributed by atoms with Crippen LogP contribution in [-0.2, 0) is 4.74 Å². The van der Waals surface area contributed by atoms with Crippen LogP contribution in [0.4, 0.5) is 0 Å². The summed E-state index contributed by atoms with van der Waals surface area (Å²) in [6, 6.07) is 17.0. The van der Waals surface area contributed by atoms with Crippen molar-refractivity contribution in [2.75, 3.05) is 6.61 Å². The summed E-state index contributed by atoms with van der Waals surface area (Å²) in [7, 11) is 0. The Balaban J connectivity index is 2.29. The van der Waals surface area contributed by atoms with Gasteiger partial charge in [0.15, 0.2) is 0 Å². The van der Waals surface area contributed by atoms with E-state index in [0.717, 1.165) is 11.1 Å². The molecule has 0 saturated carbocycles. The summed E-state index contributed by atoms with van der Waals surface area (Å²) < 4.78 is 5.69. The molecule has 1 N–H and O–H groups in total. The van der Waals surface area contributed by atoms with Crippen molar-refractivity contribution in [3.63, 3.8) is 0 Å². The zero-order valence-corrected chi connectivity index (χ0v) is 11.5. The number of halogens is 1. The maximum atomic E-state index is 10.5. The molecule has 0 spiro atoms. The van der Waals surface area contributed by atoms with Gasteiger partial charge in [0.1, 0.15) is 12.2 Å². The molecule has 2 atom stereocenters. The van der Waals surface area contributed by atoms with Gasteiger partial charge in [-0.2, -0.15) is 0 Å². The summed E-state index contributed by atoms with van der Waals surface area (Å²) in [4.78, 5) is 0. The van der Waals surface area contributed by atoms with E-state index in [0.29, 0.717) is 11.6 Å². The van der Waals surface area contributed by atoms with Crippen LogP contribution in [0.25, 0.3) is 0 Å². The normalized spacial score (nSPS) is 14.1. The second kappa shape index (κ2) is 6.71. The monoisotopic (exact) mass is 276 g/mol.